The molecule has 1 atom stereocenters. The van der Waals surface area contributed by atoms with Crippen molar-refractivity contribution in [3.05, 3.63) is 35.4 Å². The van der Waals surface area contributed by atoms with Crippen LogP contribution in [0.3, 0.4) is 0 Å². The number of aryl methyl sites for hydroxylation is 1. The SMILES string of the molecule is CC(=O)N1CCC(NC(=NCC(=O)N(C)C)NC2CCc3ccccc3C2)CC1.I. The van der Waals surface area contributed by atoms with Crippen LogP contribution < -0.4 is 10.6 Å². The number of halogens is 1. The highest BCUT2D eigenvalue weighted by Gasteiger charge is 2.24. The third kappa shape index (κ3) is 6.85. The number of aliphatic imine (C=N–C) groups is 1. The number of hydrogen-bond acceptors (Lipinski definition) is 3. The van der Waals surface area contributed by atoms with Crippen molar-refractivity contribution in [3.63, 3.8) is 0 Å². The smallest absolute Gasteiger partial charge is 0.243 e. The van der Waals surface area contributed by atoms with Gasteiger partial charge in [-0.05, 0) is 43.2 Å². The molecular formula is C22H34IN5O2. The van der Waals surface area contributed by atoms with Gasteiger partial charge in [-0.3, -0.25) is 9.59 Å². The second-order valence-corrected chi connectivity index (χ2v) is 8.23. The summed E-state index contributed by atoms with van der Waals surface area (Å²) in [5.74, 6) is 0.810. The third-order valence-corrected chi connectivity index (χ3v) is 5.84. The van der Waals surface area contributed by atoms with E-state index in [9.17, 15) is 9.59 Å². The van der Waals surface area contributed by atoms with Crippen molar-refractivity contribution < 1.29 is 9.59 Å². The molecule has 7 nitrogen and oxygen atoms in total. The van der Waals surface area contributed by atoms with Crippen LogP contribution in [0.2, 0.25) is 0 Å². The lowest BCUT2D eigenvalue weighted by Crippen LogP contribution is -2.52. The molecule has 3 rings (SSSR count). The Hall–Kier alpha value is -1.84. The van der Waals surface area contributed by atoms with Crippen molar-refractivity contribution in [2.45, 2.75) is 51.1 Å². The van der Waals surface area contributed by atoms with E-state index in [0.29, 0.717) is 12.0 Å². The van der Waals surface area contributed by atoms with Crippen LogP contribution in [0.4, 0.5) is 0 Å². The van der Waals surface area contributed by atoms with Gasteiger partial charge in [0.15, 0.2) is 5.96 Å². The second-order valence-electron chi connectivity index (χ2n) is 8.23. The van der Waals surface area contributed by atoms with Gasteiger partial charge in [0.2, 0.25) is 11.8 Å². The van der Waals surface area contributed by atoms with Gasteiger partial charge in [0.05, 0.1) is 0 Å². The number of fused-ring (bicyclic) bond motifs is 1. The fourth-order valence-corrected chi connectivity index (χ4v) is 3.97. The number of guanidine groups is 1. The van der Waals surface area contributed by atoms with Crippen molar-refractivity contribution in [1.29, 1.82) is 0 Å². The number of rotatable bonds is 4. The van der Waals surface area contributed by atoms with Gasteiger partial charge < -0.3 is 20.4 Å². The van der Waals surface area contributed by atoms with E-state index in [-0.39, 0.29) is 48.4 Å². The summed E-state index contributed by atoms with van der Waals surface area (Å²) in [6.07, 6.45) is 4.82. The van der Waals surface area contributed by atoms with E-state index >= 15 is 0 Å². The van der Waals surface area contributed by atoms with Gasteiger partial charge in [0.25, 0.3) is 0 Å². The van der Waals surface area contributed by atoms with Crippen LogP contribution in [0.25, 0.3) is 0 Å². The lowest BCUT2D eigenvalue weighted by Gasteiger charge is -2.34. The Morgan fingerprint density at radius 1 is 1.07 bits per heavy atom. The number of nitrogens with one attached hydrogen (secondary N) is 2. The molecule has 0 bridgehead atoms. The van der Waals surface area contributed by atoms with Gasteiger partial charge in [-0.25, -0.2) is 4.99 Å². The number of likely N-dealkylation sites (N-methyl/N-ethyl adjacent to an activating group) is 1. The first-order chi connectivity index (χ1) is 13.9. The van der Waals surface area contributed by atoms with Crippen LogP contribution >= 0.6 is 24.0 Å². The van der Waals surface area contributed by atoms with E-state index in [1.165, 1.54) is 11.1 Å². The van der Waals surface area contributed by atoms with Crippen LogP contribution in [-0.2, 0) is 22.4 Å². The highest BCUT2D eigenvalue weighted by Crippen LogP contribution is 2.21. The molecule has 1 saturated heterocycles. The van der Waals surface area contributed by atoms with Gasteiger partial charge >= 0.3 is 0 Å². The van der Waals surface area contributed by atoms with Crippen molar-refractivity contribution in [1.82, 2.24) is 20.4 Å². The number of carbonyl (C=O) groups excluding carboxylic acids is 2. The third-order valence-electron chi connectivity index (χ3n) is 5.84. The topological polar surface area (TPSA) is 77.0 Å². The molecule has 0 aromatic heterocycles. The molecule has 0 saturated carbocycles. The molecule has 1 heterocycles. The first-order valence-electron chi connectivity index (χ1n) is 10.5. The Bertz CT molecular complexity index is 760. The standard InChI is InChI=1S/C22H33N5O2.HI/c1-16(28)27-12-10-19(11-13-27)24-22(23-15-21(29)26(2)3)25-20-9-8-17-6-4-5-7-18(17)14-20;/h4-7,19-20H,8-15H2,1-3H3,(H2,23,24,25);1H. The fourth-order valence-electron chi connectivity index (χ4n) is 3.97. The highest BCUT2D eigenvalue weighted by atomic mass is 127. The first kappa shape index (κ1) is 24.4. The summed E-state index contributed by atoms with van der Waals surface area (Å²) in [7, 11) is 3.49. The predicted octanol–water partition coefficient (Wildman–Crippen LogP) is 1.80. The van der Waals surface area contributed by atoms with Crippen LogP contribution in [0.5, 0.6) is 0 Å². The number of amides is 2. The van der Waals surface area contributed by atoms with E-state index in [0.717, 1.165) is 45.2 Å². The van der Waals surface area contributed by atoms with Crippen LogP contribution in [0.15, 0.2) is 29.3 Å². The van der Waals surface area contributed by atoms with Crippen LogP contribution in [-0.4, -0.2) is 73.4 Å². The summed E-state index contributed by atoms with van der Waals surface area (Å²) in [5.41, 5.74) is 2.81. The van der Waals surface area contributed by atoms with Crippen LogP contribution in [0, 0.1) is 0 Å². The van der Waals surface area contributed by atoms with Gasteiger partial charge in [-0.2, -0.15) is 0 Å². The molecule has 2 amide bonds. The van der Waals surface area contributed by atoms with Crippen LogP contribution in [0.1, 0.15) is 37.3 Å². The van der Waals surface area contributed by atoms with E-state index in [1.807, 2.05) is 4.90 Å². The van der Waals surface area contributed by atoms with Crippen molar-refractivity contribution in [2.75, 3.05) is 33.7 Å². The Kier molecular flexibility index (Phi) is 9.38. The summed E-state index contributed by atoms with van der Waals surface area (Å²) in [5, 5.41) is 7.07. The molecule has 2 aliphatic rings. The van der Waals surface area contributed by atoms with E-state index in [1.54, 1.807) is 25.9 Å². The Morgan fingerprint density at radius 3 is 2.33 bits per heavy atom. The molecule has 8 heteroatoms. The highest BCUT2D eigenvalue weighted by molar-refractivity contribution is 14.0. The molecule has 1 fully saturated rings. The molecular weight excluding hydrogens is 493 g/mol. The fraction of sp³-hybridized carbons (Fsp3) is 0.591. The minimum Gasteiger partial charge on any atom is -0.354 e. The molecule has 0 radical (unpaired) electrons. The second kappa shape index (κ2) is 11.5. The first-order valence-corrected chi connectivity index (χ1v) is 10.5. The van der Waals surface area contributed by atoms with Crippen molar-refractivity contribution >= 4 is 41.8 Å². The Labute approximate surface area is 196 Å². The minimum absolute atomic E-state index is 0. The number of hydrogen-bond donors (Lipinski definition) is 2. The van der Waals surface area contributed by atoms with E-state index in [2.05, 4.69) is 39.9 Å². The van der Waals surface area contributed by atoms with Crippen molar-refractivity contribution in [2.24, 2.45) is 4.99 Å². The summed E-state index contributed by atoms with van der Waals surface area (Å²) < 4.78 is 0. The minimum atomic E-state index is -0.0218. The number of piperidine rings is 1. The zero-order chi connectivity index (χ0) is 20.8. The number of carbonyl (C=O) groups is 2. The zero-order valence-electron chi connectivity index (χ0n) is 18.2. The summed E-state index contributed by atoms with van der Waals surface area (Å²) in [6, 6.07) is 9.14. The average Bonchev–Trinajstić information content (AvgIpc) is 2.72. The molecule has 166 valence electrons. The Morgan fingerprint density at radius 2 is 1.70 bits per heavy atom. The number of likely N-dealkylation sites (tertiary alicyclic amines) is 1. The molecule has 1 aromatic rings. The normalized spacial score (nSPS) is 19.4. The van der Waals surface area contributed by atoms with Gasteiger partial charge in [-0.1, -0.05) is 24.3 Å². The average molecular weight is 527 g/mol. The maximum atomic E-state index is 12.0. The predicted molar refractivity (Wildman–Crippen MR) is 130 cm³/mol. The number of nitrogens with zero attached hydrogens (tertiary/aromatic N) is 3. The maximum Gasteiger partial charge on any atom is 0.243 e. The van der Waals surface area contributed by atoms with Gasteiger partial charge in [0, 0.05) is 46.2 Å². The lowest BCUT2D eigenvalue weighted by atomic mass is 9.88. The quantitative estimate of drug-likeness (QED) is 0.356. The molecule has 1 aliphatic carbocycles. The van der Waals surface area contributed by atoms with E-state index < -0.39 is 0 Å². The molecule has 30 heavy (non-hydrogen) atoms. The zero-order valence-corrected chi connectivity index (χ0v) is 20.5. The summed E-state index contributed by atoms with van der Waals surface area (Å²) in [4.78, 5) is 31.6. The van der Waals surface area contributed by atoms with Crippen molar-refractivity contribution in [3.8, 4) is 0 Å². The number of benzene rings is 1. The lowest BCUT2D eigenvalue weighted by molar-refractivity contribution is -0.130. The maximum absolute atomic E-state index is 12.0. The molecule has 1 aliphatic heterocycles. The monoisotopic (exact) mass is 527 g/mol. The summed E-state index contributed by atoms with van der Waals surface area (Å²) in [6.45, 7) is 3.26. The van der Waals surface area contributed by atoms with E-state index in [4.69, 9.17) is 0 Å². The summed E-state index contributed by atoms with van der Waals surface area (Å²) >= 11 is 0. The van der Waals surface area contributed by atoms with Gasteiger partial charge in [-0.15, -0.1) is 24.0 Å². The molecule has 1 aromatic carbocycles. The van der Waals surface area contributed by atoms with Gasteiger partial charge in [0.1, 0.15) is 6.54 Å². The molecule has 1 unspecified atom stereocenters. The molecule has 0 spiro atoms. The largest absolute Gasteiger partial charge is 0.354 e. The Balaban J connectivity index is 0.00000320. The molecule has 2 N–H and O–H groups in total.